The summed E-state index contributed by atoms with van der Waals surface area (Å²) >= 11 is 0. The van der Waals surface area contributed by atoms with Gasteiger partial charge in [-0.15, -0.1) is 0 Å². The quantitative estimate of drug-likeness (QED) is 0.344. The van der Waals surface area contributed by atoms with E-state index in [1.54, 1.807) is 6.08 Å². The Kier molecular flexibility index (Phi) is 11.2. The molecule has 0 saturated carbocycles. The first-order chi connectivity index (χ1) is 24.5. The van der Waals surface area contributed by atoms with Gasteiger partial charge in [0.05, 0.1) is 37.4 Å². The number of carbonyl (C=O) groups excluding carboxylic acids is 1. The van der Waals surface area contributed by atoms with E-state index in [4.69, 9.17) is 19.4 Å². The average Bonchev–Trinajstić information content (AvgIpc) is 3.63. The summed E-state index contributed by atoms with van der Waals surface area (Å²) in [5.74, 6) is 0.898. The molecule has 5 heterocycles. The highest BCUT2D eigenvalue weighted by atomic mass is 16.5. The predicted octanol–water partition coefficient (Wildman–Crippen LogP) is 3.86. The summed E-state index contributed by atoms with van der Waals surface area (Å²) in [5, 5.41) is 9.82. The fourth-order valence-electron chi connectivity index (χ4n) is 8.78. The van der Waals surface area contributed by atoms with Crippen molar-refractivity contribution in [3.05, 3.63) is 53.2 Å². The number of ether oxygens (including phenoxy) is 2. The van der Waals surface area contributed by atoms with Gasteiger partial charge in [0.2, 0.25) is 5.91 Å². The number of piperazine rings is 1. The minimum Gasteiger partial charge on any atom is -0.462 e. The number of hydrogen-bond acceptors (Lipinski definition) is 10. The summed E-state index contributed by atoms with van der Waals surface area (Å²) in [6, 6.07) is 12.7. The smallest absolute Gasteiger partial charge is 0.318 e. The second-order valence-corrected chi connectivity index (χ2v) is 14.8. The molecule has 5 aliphatic rings. The third-order valence-corrected chi connectivity index (χ3v) is 11.4. The third-order valence-electron chi connectivity index (χ3n) is 11.4. The Balaban J connectivity index is 1.11. The van der Waals surface area contributed by atoms with Crippen LogP contribution in [0.4, 0.5) is 11.5 Å². The standard InChI is InChI=1S/C39H54N8O3/c1-29(2)45-18-6-10-33(45)28-50-39-41-35-26-31(46-19-5-9-30-8-3-4-11-36(30)46)13-14-34(35)38(42-39)44-20-21-47(32(27-44)15-16-40)37(48)12-7-17-43-22-24-49-25-23-43/h3-4,7-8,11-12,29,31-33H,5-6,9-10,13-15,17-28H2,1-2H3. The van der Waals surface area contributed by atoms with Crippen molar-refractivity contribution in [3.63, 3.8) is 0 Å². The number of carbonyl (C=O) groups is 1. The van der Waals surface area contributed by atoms with Crippen molar-refractivity contribution >= 4 is 17.4 Å². The average molecular weight is 683 g/mol. The Hall–Kier alpha value is -3.72. The van der Waals surface area contributed by atoms with Crippen LogP contribution in [-0.2, 0) is 28.8 Å². The van der Waals surface area contributed by atoms with E-state index in [9.17, 15) is 10.1 Å². The van der Waals surface area contributed by atoms with Gasteiger partial charge in [-0.2, -0.15) is 15.2 Å². The van der Waals surface area contributed by atoms with Crippen LogP contribution in [0.2, 0.25) is 0 Å². The molecule has 11 heteroatoms. The van der Waals surface area contributed by atoms with Crippen molar-refractivity contribution < 1.29 is 14.3 Å². The second-order valence-electron chi connectivity index (χ2n) is 14.8. The molecule has 0 bridgehead atoms. The van der Waals surface area contributed by atoms with E-state index in [1.807, 2.05) is 11.0 Å². The number of amides is 1. The largest absolute Gasteiger partial charge is 0.462 e. The van der Waals surface area contributed by atoms with Crippen molar-refractivity contribution in [3.8, 4) is 12.1 Å². The summed E-state index contributed by atoms with van der Waals surface area (Å²) in [5.41, 5.74) is 5.09. The zero-order valence-electron chi connectivity index (χ0n) is 30.0. The van der Waals surface area contributed by atoms with Gasteiger partial charge in [-0.1, -0.05) is 24.3 Å². The summed E-state index contributed by atoms with van der Waals surface area (Å²) in [6.07, 6.45) is 11.3. The number of fused-ring (bicyclic) bond motifs is 2. The molecule has 3 atom stereocenters. The molecule has 3 unspecified atom stereocenters. The number of hydrogen-bond donors (Lipinski definition) is 0. The number of benzene rings is 1. The fraction of sp³-hybridized carbons (Fsp3) is 0.641. The van der Waals surface area contributed by atoms with E-state index in [1.165, 1.54) is 29.7 Å². The molecule has 7 rings (SSSR count). The molecule has 268 valence electrons. The van der Waals surface area contributed by atoms with E-state index >= 15 is 0 Å². The predicted molar refractivity (Wildman–Crippen MR) is 195 cm³/mol. The number of nitriles is 1. The van der Waals surface area contributed by atoms with Crippen molar-refractivity contribution in [1.82, 2.24) is 24.7 Å². The summed E-state index contributed by atoms with van der Waals surface area (Å²) < 4.78 is 11.9. The van der Waals surface area contributed by atoms with Crippen LogP contribution in [0, 0.1) is 11.3 Å². The molecule has 4 aliphatic heterocycles. The number of likely N-dealkylation sites (tertiary alicyclic amines) is 1. The number of nitrogens with zero attached hydrogens (tertiary/aromatic N) is 8. The monoisotopic (exact) mass is 682 g/mol. The highest BCUT2D eigenvalue weighted by Gasteiger charge is 2.36. The molecular weight excluding hydrogens is 628 g/mol. The Morgan fingerprint density at radius 3 is 2.74 bits per heavy atom. The van der Waals surface area contributed by atoms with Crippen molar-refractivity contribution in [2.75, 3.05) is 82.0 Å². The zero-order chi connectivity index (χ0) is 34.5. The minimum atomic E-state index is -0.219. The van der Waals surface area contributed by atoms with E-state index in [-0.39, 0.29) is 18.4 Å². The maximum atomic E-state index is 13.4. The second kappa shape index (κ2) is 16.1. The van der Waals surface area contributed by atoms with E-state index in [0.29, 0.717) is 50.4 Å². The maximum absolute atomic E-state index is 13.4. The van der Waals surface area contributed by atoms with Gasteiger partial charge in [0.15, 0.2) is 0 Å². The summed E-state index contributed by atoms with van der Waals surface area (Å²) in [6.45, 7) is 13.0. The van der Waals surface area contributed by atoms with Gasteiger partial charge in [-0.05, 0) is 70.5 Å². The molecular formula is C39H54N8O3. The van der Waals surface area contributed by atoms with Crippen LogP contribution in [0.15, 0.2) is 36.4 Å². The minimum absolute atomic E-state index is 0.0252. The molecule has 1 aromatic heterocycles. The first-order valence-electron chi connectivity index (χ1n) is 19.0. The van der Waals surface area contributed by atoms with Crippen LogP contribution >= 0.6 is 0 Å². The molecule has 0 N–H and O–H groups in total. The molecule has 1 aromatic carbocycles. The Labute approximate surface area is 297 Å². The molecule has 1 aliphatic carbocycles. The highest BCUT2D eigenvalue weighted by molar-refractivity contribution is 5.88. The lowest BCUT2D eigenvalue weighted by molar-refractivity contribution is -0.128. The summed E-state index contributed by atoms with van der Waals surface area (Å²) in [4.78, 5) is 35.3. The molecule has 3 fully saturated rings. The lowest BCUT2D eigenvalue weighted by atomic mass is 9.88. The van der Waals surface area contributed by atoms with Gasteiger partial charge in [0, 0.05) is 87.7 Å². The van der Waals surface area contributed by atoms with Crippen molar-refractivity contribution in [2.24, 2.45) is 0 Å². The molecule has 0 radical (unpaired) electrons. The number of aryl methyl sites for hydroxylation is 1. The van der Waals surface area contributed by atoms with Gasteiger partial charge >= 0.3 is 6.01 Å². The topological polar surface area (TPSA) is 101 Å². The van der Waals surface area contributed by atoms with Crippen LogP contribution in [0.3, 0.4) is 0 Å². The lowest BCUT2D eigenvalue weighted by Gasteiger charge is -2.43. The zero-order valence-corrected chi connectivity index (χ0v) is 30.0. The number of aromatic nitrogens is 2. The molecule has 1 amide bonds. The molecule has 0 spiro atoms. The first kappa shape index (κ1) is 34.7. The normalized spacial score (nSPS) is 24.8. The lowest BCUT2D eigenvalue weighted by Crippen LogP contribution is -2.55. The molecule has 3 saturated heterocycles. The van der Waals surface area contributed by atoms with Crippen LogP contribution < -0.4 is 14.5 Å². The fourth-order valence-corrected chi connectivity index (χ4v) is 8.78. The van der Waals surface area contributed by atoms with Gasteiger partial charge < -0.3 is 24.2 Å². The van der Waals surface area contributed by atoms with E-state index in [2.05, 4.69) is 63.8 Å². The van der Waals surface area contributed by atoms with E-state index < -0.39 is 0 Å². The number of rotatable bonds is 10. The Morgan fingerprint density at radius 1 is 1.04 bits per heavy atom. The maximum Gasteiger partial charge on any atom is 0.318 e. The van der Waals surface area contributed by atoms with E-state index in [0.717, 1.165) is 89.6 Å². The van der Waals surface area contributed by atoms with Crippen molar-refractivity contribution in [2.45, 2.75) is 89.4 Å². The first-order valence-corrected chi connectivity index (χ1v) is 19.0. The Bertz CT molecular complexity index is 1550. The van der Waals surface area contributed by atoms with Crippen LogP contribution in [0.1, 0.15) is 62.8 Å². The number of anilines is 2. The number of morpholine rings is 1. The van der Waals surface area contributed by atoms with Gasteiger partial charge in [-0.25, -0.2) is 0 Å². The van der Waals surface area contributed by atoms with Gasteiger partial charge in [0.25, 0.3) is 0 Å². The van der Waals surface area contributed by atoms with Gasteiger partial charge in [-0.3, -0.25) is 14.6 Å². The molecule has 11 nitrogen and oxygen atoms in total. The van der Waals surface area contributed by atoms with Gasteiger partial charge in [0.1, 0.15) is 12.4 Å². The SMILES string of the molecule is CC(C)N1CCCC1COc1nc2c(c(N3CCN(C(=O)C=CCN4CCOCC4)C(CC#N)C3)n1)CCC(N1CCCc3ccccc31)C2. The third kappa shape index (κ3) is 7.78. The van der Waals surface area contributed by atoms with Crippen LogP contribution in [-0.4, -0.2) is 127 Å². The highest BCUT2D eigenvalue weighted by Crippen LogP contribution is 2.37. The van der Waals surface area contributed by atoms with Crippen molar-refractivity contribution in [1.29, 1.82) is 5.26 Å². The summed E-state index contributed by atoms with van der Waals surface area (Å²) in [7, 11) is 0. The molecule has 2 aromatic rings. The van der Waals surface area contributed by atoms with Crippen LogP contribution in [0.25, 0.3) is 0 Å². The number of para-hydroxylation sites is 1. The Morgan fingerprint density at radius 2 is 1.90 bits per heavy atom. The van der Waals surface area contributed by atoms with Crippen LogP contribution in [0.5, 0.6) is 6.01 Å². The molecule has 50 heavy (non-hydrogen) atoms.